The Labute approximate surface area is 72.5 Å². The van der Waals surface area contributed by atoms with Gasteiger partial charge in [-0.1, -0.05) is 5.16 Å². The zero-order valence-corrected chi connectivity index (χ0v) is 7.58. The Kier molecular flexibility index (Phi) is 3.76. The SMILES string of the molecule is CN(C)CCNCc1cnoc1. The van der Waals surface area contributed by atoms with Crippen LogP contribution in [0.15, 0.2) is 17.0 Å². The maximum Gasteiger partial charge on any atom is 0.128 e. The van der Waals surface area contributed by atoms with Gasteiger partial charge in [-0.25, -0.2) is 0 Å². The number of nitrogens with one attached hydrogen (secondary N) is 1. The van der Waals surface area contributed by atoms with Gasteiger partial charge < -0.3 is 14.7 Å². The van der Waals surface area contributed by atoms with Gasteiger partial charge in [0.15, 0.2) is 0 Å². The van der Waals surface area contributed by atoms with Crippen LogP contribution in [0.5, 0.6) is 0 Å². The standard InChI is InChI=1S/C8H15N3O/c1-11(2)4-3-9-5-8-6-10-12-7-8/h6-7,9H,3-5H2,1-2H3. The molecule has 4 heteroatoms. The highest BCUT2D eigenvalue weighted by Crippen LogP contribution is 1.93. The summed E-state index contributed by atoms with van der Waals surface area (Å²) in [6, 6.07) is 0. The summed E-state index contributed by atoms with van der Waals surface area (Å²) < 4.78 is 4.69. The van der Waals surface area contributed by atoms with E-state index in [4.69, 9.17) is 4.52 Å². The van der Waals surface area contributed by atoms with Gasteiger partial charge >= 0.3 is 0 Å². The zero-order chi connectivity index (χ0) is 8.81. The van der Waals surface area contributed by atoms with Crippen LogP contribution >= 0.6 is 0 Å². The van der Waals surface area contributed by atoms with E-state index in [1.54, 1.807) is 12.5 Å². The summed E-state index contributed by atoms with van der Waals surface area (Å²) in [4.78, 5) is 2.14. The van der Waals surface area contributed by atoms with Crippen molar-refractivity contribution in [1.82, 2.24) is 15.4 Å². The van der Waals surface area contributed by atoms with Crippen molar-refractivity contribution in [2.45, 2.75) is 6.54 Å². The van der Waals surface area contributed by atoms with Gasteiger partial charge in [-0.2, -0.15) is 0 Å². The van der Waals surface area contributed by atoms with Crippen molar-refractivity contribution >= 4 is 0 Å². The summed E-state index contributed by atoms with van der Waals surface area (Å²) in [5.41, 5.74) is 1.09. The highest BCUT2D eigenvalue weighted by Gasteiger charge is 1.94. The molecule has 1 heterocycles. The Bertz CT molecular complexity index is 196. The van der Waals surface area contributed by atoms with Gasteiger partial charge in [0.2, 0.25) is 0 Å². The first kappa shape index (κ1) is 9.22. The first-order valence-corrected chi connectivity index (χ1v) is 4.03. The molecule has 12 heavy (non-hydrogen) atoms. The third-order valence-corrected chi connectivity index (χ3v) is 1.55. The lowest BCUT2D eigenvalue weighted by molar-refractivity contribution is 0.399. The van der Waals surface area contributed by atoms with Crippen LogP contribution in [-0.4, -0.2) is 37.2 Å². The fraction of sp³-hybridized carbons (Fsp3) is 0.625. The number of nitrogens with zero attached hydrogens (tertiary/aromatic N) is 2. The summed E-state index contributed by atoms with van der Waals surface area (Å²) in [5, 5.41) is 6.89. The van der Waals surface area contributed by atoms with Crippen molar-refractivity contribution < 1.29 is 4.52 Å². The molecule has 0 aliphatic rings. The highest BCUT2D eigenvalue weighted by molar-refractivity contribution is 4.98. The van der Waals surface area contributed by atoms with Crippen molar-refractivity contribution in [2.75, 3.05) is 27.2 Å². The van der Waals surface area contributed by atoms with Crippen molar-refractivity contribution in [3.05, 3.63) is 18.0 Å². The maximum atomic E-state index is 4.69. The molecule has 0 radical (unpaired) electrons. The van der Waals surface area contributed by atoms with Crippen molar-refractivity contribution in [3.8, 4) is 0 Å². The van der Waals surface area contributed by atoms with Crippen molar-refractivity contribution in [1.29, 1.82) is 0 Å². The molecule has 0 aliphatic heterocycles. The van der Waals surface area contributed by atoms with Crippen LogP contribution in [0.3, 0.4) is 0 Å². The van der Waals surface area contributed by atoms with Crippen LogP contribution in [0.25, 0.3) is 0 Å². The average Bonchev–Trinajstić information content (AvgIpc) is 2.49. The molecule has 1 aromatic heterocycles. The average molecular weight is 169 g/mol. The van der Waals surface area contributed by atoms with E-state index in [2.05, 4.69) is 29.5 Å². The molecular formula is C8H15N3O. The molecule has 0 saturated carbocycles. The molecule has 0 atom stereocenters. The van der Waals surface area contributed by atoms with Crippen LogP contribution in [0, 0.1) is 0 Å². The van der Waals surface area contributed by atoms with Gasteiger partial charge in [0, 0.05) is 25.2 Å². The predicted molar refractivity (Wildman–Crippen MR) is 46.8 cm³/mol. The molecule has 0 bridgehead atoms. The van der Waals surface area contributed by atoms with E-state index in [1.165, 1.54) is 0 Å². The molecular weight excluding hydrogens is 154 g/mol. The van der Waals surface area contributed by atoms with Gasteiger partial charge in [0.25, 0.3) is 0 Å². The van der Waals surface area contributed by atoms with E-state index >= 15 is 0 Å². The molecule has 1 aromatic rings. The van der Waals surface area contributed by atoms with Gasteiger partial charge in [-0.15, -0.1) is 0 Å². The third kappa shape index (κ3) is 3.50. The van der Waals surface area contributed by atoms with Crippen LogP contribution in [-0.2, 0) is 6.54 Å². The Balaban J connectivity index is 2.04. The molecule has 0 aromatic carbocycles. The summed E-state index contributed by atoms with van der Waals surface area (Å²) >= 11 is 0. The quantitative estimate of drug-likeness (QED) is 0.645. The minimum absolute atomic E-state index is 0.831. The minimum Gasteiger partial charge on any atom is -0.364 e. The summed E-state index contributed by atoms with van der Waals surface area (Å²) in [6.45, 7) is 2.86. The molecule has 0 spiro atoms. The zero-order valence-electron chi connectivity index (χ0n) is 7.58. The third-order valence-electron chi connectivity index (χ3n) is 1.55. The fourth-order valence-corrected chi connectivity index (χ4v) is 0.849. The first-order valence-electron chi connectivity index (χ1n) is 4.03. The molecule has 0 amide bonds. The van der Waals surface area contributed by atoms with Crippen molar-refractivity contribution in [2.24, 2.45) is 0 Å². The van der Waals surface area contributed by atoms with Crippen molar-refractivity contribution in [3.63, 3.8) is 0 Å². The minimum atomic E-state index is 0.831. The Morgan fingerprint density at radius 2 is 2.42 bits per heavy atom. The number of likely N-dealkylation sites (N-methyl/N-ethyl adjacent to an activating group) is 1. The summed E-state index contributed by atoms with van der Waals surface area (Å²) in [6.07, 6.45) is 3.38. The number of rotatable bonds is 5. The Morgan fingerprint density at radius 1 is 1.58 bits per heavy atom. The summed E-state index contributed by atoms with van der Waals surface area (Å²) in [5.74, 6) is 0. The van der Waals surface area contributed by atoms with E-state index in [9.17, 15) is 0 Å². The van der Waals surface area contributed by atoms with E-state index in [-0.39, 0.29) is 0 Å². The fourth-order valence-electron chi connectivity index (χ4n) is 0.849. The van der Waals surface area contributed by atoms with Gasteiger partial charge in [0.05, 0.1) is 6.20 Å². The molecule has 0 saturated heterocycles. The second-order valence-corrected chi connectivity index (χ2v) is 3.01. The largest absolute Gasteiger partial charge is 0.364 e. The van der Waals surface area contributed by atoms with Crippen LogP contribution in [0.4, 0.5) is 0 Å². The van der Waals surface area contributed by atoms with Crippen LogP contribution < -0.4 is 5.32 Å². The Morgan fingerprint density at radius 3 is 3.00 bits per heavy atom. The second-order valence-electron chi connectivity index (χ2n) is 3.01. The monoisotopic (exact) mass is 169 g/mol. The molecule has 1 rings (SSSR count). The number of hydrogen-bond donors (Lipinski definition) is 1. The maximum absolute atomic E-state index is 4.69. The molecule has 68 valence electrons. The van der Waals surface area contributed by atoms with E-state index in [0.717, 1.165) is 25.2 Å². The lowest BCUT2D eigenvalue weighted by Crippen LogP contribution is -2.25. The molecule has 4 nitrogen and oxygen atoms in total. The number of aromatic nitrogens is 1. The molecule has 0 unspecified atom stereocenters. The molecule has 1 N–H and O–H groups in total. The molecule has 0 aliphatic carbocycles. The van der Waals surface area contributed by atoms with Gasteiger partial charge in [-0.3, -0.25) is 0 Å². The Hall–Kier alpha value is -0.870. The van der Waals surface area contributed by atoms with Crippen LogP contribution in [0.1, 0.15) is 5.56 Å². The summed E-state index contributed by atoms with van der Waals surface area (Å²) in [7, 11) is 4.11. The topological polar surface area (TPSA) is 41.3 Å². The van der Waals surface area contributed by atoms with Crippen LogP contribution in [0.2, 0.25) is 0 Å². The lowest BCUT2D eigenvalue weighted by Gasteiger charge is -2.08. The van der Waals surface area contributed by atoms with E-state index in [0.29, 0.717) is 0 Å². The van der Waals surface area contributed by atoms with E-state index < -0.39 is 0 Å². The first-order chi connectivity index (χ1) is 5.79. The van der Waals surface area contributed by atoms with Gasteiger partial charge in [-0.05, 0) is 14.1 Å². The smallest absolute Gasteiger partial charge is 0.128 e. The normalized spacial score (nSPS) is 10.9. The molecule has 0 fully saturated rings. The lowest BCUT2D eigenvalue weighted by atomic mass is 10.4. The second kappa shape index (κ2) is 4.90. The number of hydrogen-bond acceptors (Lipinski definition) is 4. The predicted octanol–water partition coefficient (Wildman–Crippen LogP) is 0.326. The van der Waals surface area contributed by atoms with E-state index in [1.807, 2.05) is 0 Å². The highest BCUT2D eigenvalue weighted by atomic mass is 16.5. The van der Waals surface area contributed by atoms with Gasteiger partial charge in [0.1, 0.15) is 6.26 Å².